The Balaban J connectivity index is 0.000000170. The largest absolute Gasteiger partial charge is 0.444 e. The first kappa shape index (κ1) is 38.6. The molecule has 8 rings (SSSR count). The molecule has 55 heavy (non-hydrogen) atoms. The van der Waals surface area contributed by atoms with Crippen LogP contribution in [-0.4, -0.2) is 72.1 Å². The Morgan fingerprint density at radius 3 is 1.67 bits per heavy atom. The summed E-state index contributed by atoms with van der Waals surface area (Å²) in [5.41, 5.74) is 11.4. The standard InChI is InChI=1S/C20H22N4O3S2.C18H20N4O2S2/c1-11(25)22-17-16(18-23-13-9-21-7-5-14(13)28-18)12-6-8-24(10-15(12)29-17)19(26)27-20(2,3)4;1-18(2,3)24-17(23)22-7-5-10-13(9-22)25-15(19)14(10)16-21-11-8-20-6-4-12(11)26-16/h5,7,9H,6,8,10H2,1-4H3,(H,22,25);4,6,8H,5,7,9,19H2,1-3H3. The zero-order valence-corrected chi connectivity index (χ0v) is 34.9. The van der Waals surface area contributed by atoms with Gasteiger partial charge in [0.25, 0.3) is 0 Å². The Morgan fingerprint density at radius 2 is 1.20 bits per heavy atom. The van der Waals surface area contributed by atoms with E-state index in [4.69, 9.17) is 25.2 Å². The van der Waals surface area contributed by atoms with Crippen LogP contribution in [0.25, 0.3) is 41.6 Å². The summed E-state index contributed by atoms with van der Waals surface area (Å²) in [7, 11) is 0. The molecule has 3 amide bonds. The van der Waals surface area contributed by atoms with E-state index in [1.165, 1.54) is 23.8 Å². The quantitative estimate of drug-likeness (QED) is 0.176. The van der Waals surface area contributed by atoms with Crippen molar-refractivity contribution >= 4 is 93.9 Å². The lowest BCUT2D eigenvalue weighted by Crippen LogP contribution is -2.39. The molecule has 3 N–H and O–H groups in total. The number of nitrogens with two attached hydrogens (primary N) is 1. The third kappa shape index (κ3) is 8.59. The van der Waals surface area contributed by atoms with Crippen LogP contribution in [0.1, 0.15) is 69.3 Å². The Bertz CT molecular complexity index is 2350. The molecular weight excluding hydrogens is 777 g/mol. The van der Waals surface area contributed by atoms with Crippen LogP contribution in [0, 0.1) is 0 Å². The molecule has 0 fully saturated rings. The van der Waals surface area contributed by atoms with Gasteiger partial charge in [-0.25, -0.2) is 19.6 Å². The van der Waals surface area contributed by atoms with Crippen LogP contribution in [0.4, 0.5) is 19.6 Å². The number of thiazole rings is 2. The molecule has 0 saturated carbocycles. The van der Waals surface area contributed by atoms with Crippen molar-refractivity contribution in [1.82, 2.24) is 29.7 Å². The number of carbonyl (C=O) groups is 3. The van der Waals surface area contributed by atoms with Crippen LogP contribution in [0.2, 0.25) is 0 Å². The molecular formula is C38H42N8O5S4. The molecule has 6 aromatic rings. The summed E-state index contributed by atoms with van der Waals surface area (Å²) in [6.07, 6.45) is 7.90. The van der Waals surface area contributed by atoms with E-state index in [9.17, 15) is 14.4 Å². The Kier molecular flexibility index (Phi) is 10.6. The minimum absolute atomic E-state index is 0.128. The van der Waals surface area contributed by atoms with Crippen molar-refractivity contribution in [1.29, 1.82) is 0 Å². The molecule has 17 heteroatoms. The number of pyridine rings is 2. The zero-order valence-electron chi connectivity index (χ0n) is 31.6. The first-order valence-electron chi connectivity index (χ1n) is 17.7. The van der Waals surface area contributed by atoms with E-state index >= 15 is 0 Å². The van der Waals surface area contributed by atoms with Crippen LogP contribution in [0.5, 0.6) is 0 Å². The van der Waals surface area contributed by atoms with Crippen molar-refractivity contribution in [3.8, 4) is 21.1 Å². The van der Waals surface area contributed by atoms with Crippen molar-refractivity contribution < 1.29 is 23.9 Å². The first-order valence-corrected chi connectivity index (χ1v) is 21.0. The molecule has 0 aliphatic carbocycles. The number of nitrogens with zero attached hydrogens (tertiary/aromatic N) is 6. The van der Waals surface area contributed by atoms with E-state index in [0.717, 1.165) is 73.3 Å². The number of hydrogen-bond donors (Lipinski definition) is 2. The Hall–Kier alpha value is -4.71. The van der Waals surface area contributed by atoms with Crippen LogP contribution < -0.4 is 11.1 Å². The van der Waals surface area contributed by atoms with E-state index in [0.29, 0.717) is 32.6 Å². The molecule has 6 aromatic heterocycles. The molecule has 2 aliphatic heterocycles. The van der Waals surface area contributed by atoms with Gasteiger partial charge in [-0.3, -0.25) is 14.8 Å². The second kappa shape index (κ2) is 15.1. The van der Waals surface area contributed by atoms with Crippen LogP contribution in [0.3, 0.4) is 0 Å². The van der Waals surface area contributed by atoms with Crippen molar-refractivity contribution in [3.05, 3.63) is 57.8 Å². The van der Waals surface area contributed by atoms with Crippen LogP contribution in [-0.2, 0) is 40.2 Å². The fraction of sp³-hybridized carbons (Fsp3) is 0.395. The zero-order chi connectivity index (χ0) is 39.2. The highest BCUT2D eigenvalue weighted by Gasteiger charge is 2.32. The average molecular weight is 819 g/mol. The van der Waals surface area contributed by atoms with Gasteiger partial charge >= 0.3 is 12.2 Å². The Morgan fingerprint density at radius 1 is 0.727 bits per heavy atom. The Labute approximate surface area is 334 Å². The number of carbonyl (C=O) groups excluding carboxylic acids is 3. The molecule has 2 aliphatic rings. The van der Waals surface area contributed by atoms with Gasteiger partial charge in [-0.05, 0) is 77.6 Å². The maximum Gasteiger partial charge on any atom is 0.410 e. The molecule has 288 valence electrons. The lowest BCUT2D eigenvalue weighted by molar-refractivity contribution is -0.114. The number of nitrogen functional groups attached to an aromatic ring is 1. The fourth-order valence-corrected chi connectivity index (χ4v) is 10.9. The predicted octanol–water partition coefficient (Wildman–Crippen LogP) is 8.97. The van der Waals surface area contributed by atoms with Gasteiger partial charge < -0.3 is 30.3 Å². The minimum Gasteiger partial charge on any atom is -0.444 e. The van der Waals surface area contributed by atoms with Gasteiger partial charge in [-0.1, -0.05) is 0 Å². The van der Waals surface area contributed by atoms with Crippen molar-refractivity contribution in [3.63, 3.8) is 0 Å². The second-order valence-corrected chi connectivity index (χ2v) is 19.5. The molecule has 0 radical (unpaired) electrons. The maximum atomic E-state index is 12.5. The summed E-state index contributed by atoms with van der Waals surface area (Å²) >= 11 is 6.25. The monoisotopic (exact) mass is 818 g/mol. The number of amides is 3. The number of aromatic nitrogens is 4. The summed E-state index contributed by atoms with van der Waals surface area (Å²) in [4.78, 5) is 60.0. The van der Waals surface area contributed by atoms with E-state index in [1.54, 1.807) is 68.6 Å². The third-order valence-electron chi connectivity index (χ3n) is 8.54. The van der Waals surface area contributed by atoms with Gasteiger partial charge in [0.1, 0.15) is 37.3 Å². The van der Waals surface area contributed by atoms with Gasteiger partial charge in [-0.2, -0.15) is 0 Å². The van der Waals surface area contributed by atoms with Crippen molar-refractivity contribution in [2.24, 2.45) is 0 Å². The lowest BCUT2D eigenvalue weighted by Gasteiger charge is -2.30. The van der Waals surface area contributed by atoms with Crippen LogP contribution >= 0.6 is 45.3 Å². The number of nitrogens with one attached hydrogen (secondary N) is 1. The van der Waals surface area contributed by atoms with Crippen molar-refractivity contribution in [2.45, 2.75) is 85.6 Å². The summed E-state index contributed by atoms with van der Waals surface area (Å²) < 4.78 is 13.2. The number of thiophene rings is 2. The smallest absolute Gasteiger partial charge is 0.410 e. The molecule has 8 heterocycles. The highest BCUT2D eigenvalue weighted by molar-refractivity contribution is 7.23. The summed E-state index contributed by atoms with van der Waals surface area (Å²) in [5, 5.41) is 6.27. The average Bonchev–Trinajstić information content (AvgIpc) is 3.87. The summed E-state index contributed by atoms with van der Waals surface area (Å²) in [5.74, 6) is -0.128. The number of ether oxygens (including phenoxy) is 2. The van der Waals surface area contributed by atoms with Gasteiger partial charge in [0.2, 0.25) is 5.91 Å². The van der Waals surface area contributed by atoms with Gasteiger partial charge in [0, 0.05) is 53.3 Å². The molecule has 0 atom stereocenters. The SMILES string of the molecule is CC(=O)Nc1sc2c(c1-c1nc3cnccc3s1)CCN(C(=O)OC(C)(C)C)C2.CC(C)(C)OC(=O)N1CCc2c(sc(N)c2-c2nc3cnccc3s2)C1. The highest BCUT2D eigenvalue weighted by Crippen LogP contribution is 2.46. The number of rotatable bonds is 3. The minimum atomic E-state index is -0.533. The van der Waals surface area contributed by atoms with Gasteiger partial charge in [0.15, 0.2) is 0 Å². The second-order valence-electron chi connectivity index (χ2n) is 15.2. The number of fused-ring (bicyclic) bond motifs is 4. The fourth-order valence-electron chi connectivity index (χ4n) is 6.28. The molecule has 0 saturated heterocycles. The molecule has 0 aromatic carbocycles. The van der Waals surface area contributed by atoms with E-state index < -0.39 is 11.2 Å². The van der Waals surface area contributed by atoms with Gasteiger partial charge in [0.05, 0.1) is 39.9 Å². The van der Waals surface area contributed by atoms with Crippen LogP contribution in [0.15, 0.2) is 36.9 Å². The number of hydrogen-bond acceptors (Lipinski definition) is 14. The lowest BCUT2D eigenvalue weighted by atomic mass is 10.0. The van der Waals surface area contributed by atoms with Gasteiger partial charge in [-0.15, -0.1) is 45.3 Å². The first-order chi connectivity index (χ1) is 26.0. The highest BCUT2D eigenvalue weighted by atomic mass is 32.1. The predicted molar refractivity (Wildman–Crippen MR) is 221 cm³/mol. The van der Waals surface area contributed by atoms with Crippen molar-refractivity contribution in [2.75, 3.05) is 24.1 Å². The third-order valence-corrected chi connectivity index (χ3v) is 12.8. The van der Waals surface area contributed by atoms with E-state index in [2.05, 4.69) is 15.3 Å². The van der Waals surface area contributed by atoms with E-state index in [-0.39, 0.29) is 18.1 Å². The molecule has 0 unspecified atom stereocenters. The molecule has 13 nitrogen and oxygen atoms in total. The topological polar surface area (TPSA) is 166 Å². The van der Waals surface area contributed by atoms with E-state index in [1.807, 2.05) is 53.7 Å². The molecule has 0 spiro atoms. The molecule has 0 bridgehead atoms. The maximum absolute atomic E-state index is 12.5. The number of anilines is 2. The summed E-state index contributed by atoms with van der Waals surface area (Å²) in [6.45, 7) is 14.9. The normalized spacial score (nSPS) is 14.2. The summed E-state index contributed by atoms with van der Waals surface area (Å²) in [6, 6.07) is 3.91.